The first-order valence-electron chi connectivity index (χ1n) is 8.29. The maximum Gasteiger partial charge on any atom is 0.261 e. The second-order valence-electron chi connectivity index (χ2n) is 6.52. The molecule has 1 fully saturated rings. The molecule has 2 aromatic rings. The number of amides is 1. The molecule has 3 rings (SSSR count). The molecule has 2 aromatic carbocycles. The third-order valence-electron chi connectivity index (χ3n) is 4.47. The van der Waals surface area contributed by atoms with Crippen molar-refractivity contribution < 1.29 is 13.2 Å². The maximum atomic E-state index is 12.7. The van der Waals surface area contributed by atoms with Crippen LogP contribution in [0.4, 0.5) is 11.4 Å². The van der Waals surface area contributed by atoms with Crippen molar-refractivity contribution >= 4 is 27.3 Å². The van der Waals surface area contributed by atoms with Gasteiger partial charge in [-0.25, -0.2) is 8.42 Å². The van der Waals surface area contributed by atoms with Crippen LogP contribution in [0.25, 0.3) is 0 Å². The van der Waals surface area contributed by atoms with Crippen molar-refractivity contribution in [2.24, 2.45) is 0 Å². The summed E-state index contributed by atoms with van der Waals surface area (Å²) >= 11 is 0. The Morgan fingerprint density at radius 1 is 1.00 bits per heavy atom. The van der Waals surface area contributed by atoms with Gasteiger partial charge in [-0.2, -0.15) is 0 Å². The number of hydrogen-bond donors (Lipinski definition) is 1. The highest BCUT2D eigenvalue weighted by atomic mass is 32.2. The number of sulfonamides is 1. The van der Waals surface area contributed by atoms with E-state index in [1.54, 1.807) is 29.2 Å². The monoisotopic (exact) mass is 358 g/mol. The van der Waals surface area contributed by atoms with Gasteiger partial charge in [0.05, 0.1) is 10.6 Å². The smallest absolute Gasteiger partial charge is 0.261 e. The topological polar surface area (TPSA) is 66.5 Å². The van der Waals surface area contributed by atoms with Gasteiger partial charge in [0.2, 0.25) is 5.91 Å². The molecule has 1 aliphatic rings. The number of rotatable bonds is 4. The number of aryl methyl sites for hydroxylation is 3. The average Bonchev–Trinajstić information content (AvgIpc) is 2.96. The van der Waals surface area contributed by atoms with Gasteiger partial charge in [-0.3, -0.25) is 9.52 Å². The van der Waals surface area contributed by atoms with Gasteiger partial charge in [0.25, 0.3) is 10.0 Å². The lowest BCUT2D eigenvalue weighted by Crippen LogP contribution is -2.24. The van der Waals surface area contributed by atoms with Gasteiger partial charge >= 0.3 is 0 Å². The number of hydrogen-bond acceptors (Lipinski definition) is 3. The van der Waals surface area contributed by atoms with E-state index in [-0.39, 0.29) is 10.8 Å². The molecule has 0 saturated carbocycles. The number of anilines is 2. The lowest BCUT2D eigenvalue weighted by atomic mass is 10.1. The quantitative estimate of drug-likeness (QED) is 0.909. The zero-order chi connectivity index (χ0) is 18.2. The van der Waals surface area contributed by atoms with Crippen LogP contribution < -0.4 is 9.62 Å². The molecule has 132 valence electrons. The summed E-state index contributed by atoms with van der Waals surface area (Å²) in [5, 5.41) is 0. The van der Waals surface area contributed by atoms with Crippen LogP contribution in [-0.2, 0) is 14.8 Å². The van der Waals surface area contributed by atoms with Crippen molar-refractivity contribution in [1.29, 1.82) is 0 Å². The number of carbonyl (C=O) groups is 1. The van der Waals surface area contributed by atoms with E-state index in [0.29, 0.717) is 18.7 Å². The molecule has 0 unspecified atom stereocenters. The van der Waals surface area contributed by atoms with Gasteiger partial charge in [0.1, 0.15) is 0 Å². The Kier molecular flexibility index (Phi) is 4.56. The van der Waals surface area contributed by atoms with Crippen molar-refractivity contribution in [1.82, 2.24) is 0 Å². The van der Waals surface area contributed by atoms with Crippen LogP contribution in [0.15, 0.2) is 41.3 Å². The average molecular weight is 358 g/mol. The Morgan fingerprint density at radius 3 is 2.36 bits per heavy atom. The molecule has 0 aliphatic carbocycles. The standard InChI is InChI=1S/C19H22N2O3S/c1-13-6-8-17(14(2)11-13)20-25(23,24)16-7-9-18(15(3)12-16)21-10-4-5-19(21)22/h6-9,11-12,20H,4-5,10H2,1-3H3. The highest BCUT2D eigenvalue weighted by Crippen LogP contribution is 2.28. The summed E-state index contributed by atoms with van der Waals surface area (Å²) in [7, 11) is -3.68. The molecule has 0 radical (unpaired) electrons. The fourth-order valence-electron chi connectivity index (χ4n) is 3.13. The van der Waals surface area contributed by atoms with E-state index in [4.69, 9.17) is 0 Å². The predicted octanol–water partition coefficient (Wildman–Crippen LogP) is 3.54. The van der Waals surface area contributed by atoms with E-state index in [1.165, 1.54) is 0 Å². The van der Waals surface area contributed by atoms with Crippen LogP contribution in [0.5, 0.6) is 0 Å². The largest absolute Gasteiger partial charge is 0.312 e. The Balaban J connectivity index is 1.90. The van der Waals surface area contributed by atoms with Crippen molar-refractivity contribution in [3.05, 3.63) is 53.1 Å². The first-order chi connectivity index (χ1) is 11.8. The minimum atomic E-state index is -3.68. The summed E-state index contributed by atoms with van der Waals surface area (Å²) in [6.45, 7) is 6.36. The van der Waals surface area contributed by atoms with Gasteiger partial charge < -0.3 is 4.90 Å². The van der Waals surface area contributed by atoms with Crippen molar-refractivity contribution in [3.63, 3.8) is 0 Å². The van der Waals surface area contributed by atoms with Gasteiger partial charge in [-0.1, -0.05) is 17.7 Å². The second kappa shape index (κ2) is 6.52. The maximum absolute atomic E-state index is 12.7. The Hall–Kier alpha value is -2.34. The second-order valence-corrected chi connectivity index (χ2v) is 8.20. The molecular weight excluding hydrogens is 336 g/mol. The molecule has 0 spiro atoms. The normalized spacial score (nSPS) is 14.8. The van der Waals surface area contributed by atoms with Gasteiger partial charge in [0, 0.05) is 18.7 Å². The molecule has 6 heteroatoms. The van der Waals surface area contributed by atoms with Crippen molar-refractivity contribution in [3.8, 4) is 0 Å². The number of nitrogens with zero attached hydrogens (tertiary/aromatic N) is 1. The van der Waals surface area contributed by atoms with Gasteiger partial charge in [0.15, 0.2) is 0 Å². The van der Waals surface area contributed by atoms with Crippen LogP contribution in [0, 0.1) is 20.8 Å². The van der Waals surface area contributed by atoms with E-state index in [0.717, 1.165) is 28.8 Å². The molecule has 0 bridgehead atoms. The van der Waals surface area contributed by atoms with E-state index < -0.39 is 10.0 Å². The van der Waals surface area contributed by atoms with Gasteiger partial charge in [-0.15, -0.1) is 0 Å². The highest BCUT2D eigenvalue weighted by molar-refractivity contribution is 7.92. The Morgan fingerprint density at radius 2 is 1.76 bits per heavy atom. The fraction of sp³-hybridized carbons (Fsp3) is 0.316. The fourth-order valence-corrected chi connectivity index (χ4v) is 4.35. The highest BCUT2D eigenvalue weighted by Gasteiger charge is 2.24. The van der Waals surface area contributed by atoms with Crippen molar-refractivity contribution in [2.75, 3.05) is 16.2 Å². The van der Waals surface area contributed by atoms with E-state index >= 15 is 0 Å². The number of benzene rings is 2. The first-order valence-corrected chi connectivity index (χ1v) is 9.77. The van der Waals surface area contributed by atoms with Crippen LogP contribution in [-0.4, -0.2) is 20.9 Å². The van der Waals surface area contributed by atoms with Gasteiger partial charge in [-0.05, 0) is 62.6 Å². The zero-order valence-corrected chi connectivity index (χ0v) is 15.5. The van der Waals surface area contributed by atoms with Crippen LogP contribution in [0.2, 0.25) is 0 Å². The minimum absolute atomic E-state index is 0.0899. The molecule has 1 amide bonds. The van der Waals surface area contributed by atoms with Crippen molar-refractivity contribution in [2.45, 2.75) is 38.5 Å². The lowest BCUT2D eigenvalue weighted by molar-refractivity contribution is -0.117. The summed E-state index contributed by atoms with van der Waals surface area (Å²) in [6, 6.07) is 10.5. The van der Waals surface area contributed by atoms with E-state index in [1.807, 2.05) is 32.9 Å². The molecule has 1 aliphatic heterocycles. The van der Waals surface area contributed by atoms with Crippen LogP contribution in [0.1, 0.15) is 29.5 Å². The molecule has 1 N–H and O–H groups in total. The minimum Gasteiger partial charge on any atom is -0.312 e. The molecule has 0 atom stereocenters. The third kappa shape index (κ3) is 3.54. The summed E-state index contributed by atoms with van der Waals surface area (Å²) in [4.78, 5) is 13.8. The van der Waals surface area contributed by atoms with E-state index in [9.17, 15) is 13.2 Å². The van der Waals surface area contributed by atoms with Crippen LogP contribution in [0.3, 0.4) is 0 Å². The Labute approximate surface area is 148 Å². The number of carbonyl (C=O) groups excluding carboxylic acids is 1. The summed E-state index contributed by atoms with van der Waals surface area (Å²) in [5.74, 6) is 0.0899. The molecule has 1 heterocycles. The summed E-state index contributed by atoms with van der Waals surface area (Å²) in [5.41, 5.74) is 4.09. The summed E-state index contributed by atoms with van der Waals surface area (Å²) in [6.07, 6.45) is 1.39. The molecule has 0 aromatic heterocycles. The molecule has 1 saturated heterocycles. The predicted molar refractivity (Wildman–Crippen MR) is 99.5 cm³/mol. The first kappa shape index (κ1) is 17.5. The lowest BCUT2D eigenvalue weighted by Gasteiger charge is -2.19. The number of nitrogens with one attached hydrogen (secondary N) is 1. The Bertz CT molecular complexity index is 936. The van der Waals surface area contributed by atoms with E-state index in [2.05, 4.69) is 4.72 Å². The molecule has 25 heavy (non-hydrogen) atoms. The van der Waals surface area contributed by atoms with Crippen LogP contribution >= 0.6 is 0 Å². The molecule has 5 nitrogen and oxygen atoms in total. The zero-order valence-electron chi connectivity index (χ0n) is 14.7. The molecular formula is C19H22N2O3S. The third-order valence-corrected chi connectivity index (χ3v) is 5.83. The summed E-state index contributed by atoms with van der Waals surface area (Å²) < 4.78 is 28.0. The SMILES string of the molecule is Cc1ccc(NS(=O)(=O)c2ccc(N3CCCC3=O)c(C)c2)c(C)c1.